The van der Waals surface area contributed by atoms with Gasteiger partial charge in [0.15, 0.2) is 0 Å². The van der Waals surface area contributed by atoms with Crippen LogP contribution in [0.25, 0.3) is 0 Å². The van der Waals surface area contributed by atoms with Crippen molar-refractivity contribution in [3.05, 3.63) is 64.7 Å². The summed E-state index contributed by atoms with van der Waals surface area (Å²) in [6.45, 7) is 1.22. The van der Waals surface area contributed by atoms with Crippen LogP contribution in [0.15, 0.2) is 48.5 Å². The molecule has 0 unspecified atom stereocenters. The Balaban J connectivity index is 1.29. The minimum Gasteiger partial charge on any atom is -0.491 e. The number of hydrogen-bond acceptors (Lipinski definition) is 3. The second-order valence-corrected chi connectivity index (χ2v) is 8.21. The van der Waals surface area contributed by atoms with Gasteiger partial charge in [-0.2, -0.15) is 0 Å². The number of hydrogen-bond donors (Lipinski definition) is 1. The predicted molar refractivity (Wildman–Crippen MR) is 112 cm³/mol. The molecule has 1 atom stereocenters. The molecule has 1 aliphatic carbocycles. The highest BCUT2D eigenvalue weighted by Gasteiger charge is 2.29. The second-order valence-electron chi connectivity index (χ2n) is 7.77. The van der Waals surface area contributed by atoms with Gasteiger partial charge in [0.1, 0.15) is 12.4 Å². The van der Waals surface area contributed by atoms with E-state index < -0.39 is 0 Å². The smallest absolute Gasteiger partial charge is 0.251 e. The van der Waals surface area contributed by atoms with Gasteiger partial charge < -0.3 is 15.0 Å². The van der Waals surface area contributed by atoms with E-state index in [0.29, 0.717) is 35.4 Å². The lowest BCUT2D eigenvalue weighted by Gasteiger charge is -2.25. The minimum atomic E-state index is -0.0335. The van der Waals surface area contributed by atoms with Crippen molar-refractivity contribution in [2.24, 2.45) is 0 Å². The molecule has 0 aromatic heterocycles. The lowest BCUT2D eigenvalue weighted by molar-refractivity contribution is -0.131. The average Bonchev–Trinajstić information content (AvgIpc) is 3.41. The molecule has 2 aromatic rings. The van der Waals surface area contributed by atoms with Gasteiger partial charge in [-0.1, -0.05) is 23.7 Å². The first-order valence-electron chi connectivity index (χ1n) is 10.2. The van der Waals surface area contributed by atoms with Gasteiger partial charge >= 0.3 is 0 Å². The lowest BCUT2D eigenvalue weighted by atomic mass is 10.1. The molecule has 6 heteroatoms. The van der Waals surface area contributed by atoms with Crippen molar-refractivity contribution in [2.75, 3.05) is 13.2 Å². The van der Waals surface area contributed by atoms with Crippen molar-refractivity contribution in [1.82, 2.24) is 10.2 Å². The van der Waals surface area contributed by atoms with Crippen LogP contribution in [-0.4, -0.2) is 41.9 Å². The Labute approximate surface area is 176 Å². The first-order chi connectivity index (χ1) is 14.1. The SMILES string of the molecule is O=C(NC1CC1)c1ccc(OC[C@@H]2CCCN2C(=O)Cc2ccc(Cl)cc2)cc1. The zero-order valence-electron chi connectivity index (χ0n) is 16.3. The van der Waals surface area contributed by atoms with E-state index in [9.17, 15) is 9.59 Å². The molecule has 4 rings (SSSR count). The fourth-order valence-corrected chi connectivity index (χ4v) is 3.73. The number of halogens is 1. The Morgan fingerprint density at radius 2 is 1.76 bits per heavy atom. The van der Waals surface area contributed by atoms with Crippen LogP contribution in [0.2, 0.25) is 5.02 Å². The summed E-state index contributed by atoms with van der Waals surface area (Å²) in [5.41, 5.74) is 1.61. The molecule has 1 heterocycles. The Morgan fingerprint density at radius 1 is 1.03 bits per heavy atom. The number of nitrogens with one attached hydrogen (secondary N) is 1. The summed E-state index contributed by atoms with van der Waals surface area (Å²) in [6, 6.07) is 15.0. The van der Waals surface area contributed by atoms with E-state index in [1.54, 1.807) is 12.1 Å². The Morgan fingerprint density at radius 3 is 2.45 bits per heavy atom. The van der Waals surface area contributed by atoms with Gasteiger partial charge in [0.2, 0.25) is 5.91 Å². The second kappa shape index (κ2) is 8.87. The predicted octanol–water partition coefficient (Wildman–Crippen LogP) is 3.84. The summed E-state index contributed by atoms with van der Waals surface area (Å²) >= 11 is 5.92. The molecule has 2 aromatic carbocycles. The highest BCUT2D eigenvalue weighted by Crippen LogP contribution is 2.22. The maximum Gasteiger partial charge on any atom is 0.251 e. The number of amides is 2. The summed E-state index contributed by atoms with van der Waals surface area (Å²) in [5, 5.41) is 3.65. The molecule has 5 nitrogen and oxygen atoms in total. The molecule has 29 heavy (non-hydrogen) atoms. The fourth-order valence-electron chi connectivity index (χ4n) is 3.61. The van der Waals surface area contributed by atoms with E-state index in [1.165, 1.54) is 0 Å². The quantitative estimate of drug-likeness (QED) is 0.751. The molecule has 2 aliphatic rings. The van der Waals surface area contributed by atoms with Crippen LogP contribution in [0.5, 0.6) is 5.75 Å². The van der Waals surface area contributed by atoms with Crippen molar-refractivity contribution in [3.8, 4) is 5.75 Å². The third kappa shape index (κ3) is 5.30. The lowest BCUT2D eigenvalue weighted by Crippen LogP contribution is -2.39. The number of benzene rings is 2. The standard InChI is InChI=1S/C23H25ClN2O3/c24-18-7-3-16(4-8-18)14-22(27)26-13-1-2-20(26)15-29-21-11-5-17(6-12-21)23(28)25-19-9-10-19/h3-8,11-12,19-20H,1-2,9-10,13-15H2,(H,25,28)/t20-/m0/s1. The zero-order valence-corrected chi connectivity index (χ0v) is 17.0. The molecule has 0 bridgehead atoms. The maximum absolute atomic E-state index is 12.7. The molecule has 152 valence electrons. The van der Waals surface area contributed by atoms with Gasteiger partial charge in [-0.05, 0) is 67.6 Å². The Bertz CT molecular complexity index is 863. The van der Waals surface area contributed by atoms with Crippen molar-refractivity contribution >= 4 is 23.4 Å². The van der Waals surface area contributed by atoms with Crippen LogP contribution in [0, 0.1) is 0 Å². The molecule has 1 aliphatic heterocycles. The van der Waals surface area contributed by atoms with E-state index in [0.717, 1.165) is 37.8 Å². The number of carbonyl (C=O) groups is 2. The van der Waals surface area contributed by atoms with E-state index in [4.69, 9.17) is 16.3 Å². The number of nitrogens with zero attached hydrogens (tertiary/aromatic N) is 1. The third-order valence-corrected chi connectivity index (χ3v) is 5.69. The monoisotopic (exact) mass is 412 g/mol. The van der Waals surface area contributed by atoms with Crippen LogP contribution in [0.1, 0.15) is 41.6 Å². The van der Waals surface area contributed by atoms with Crippen molar-refractivity contribution < 1.29 is 14.3 Å². The number of carbonyl (C=O) groups excluding carboxylic acids is 2. The molecule has 2 fully saturated rings. The fraction of sp³-hybridized carbons (Fsp3) is 0.391. The maximum atomic E-state index is 12.7. The van der Waals surface area contributed by atoms with Gasteiger partial charge in [-0.15, -0.1) is 0 Å². The topological polar surface area (TPSA) is 58.6 Å². The van der Waals surface area contributed by atoms with Gasteiger partial charge in [0, 0.05) is 23.2 Å². The molecular formula is C23H25ClN2O3. The van der Waals surface area contributed by atoms with Crippen LogP contribution in [-0.2, 0) is 11.2 Å². The summed E-state index contributed by atoms with van der Waals surface area (Å²) < 4.78 is 5.92. The largest absolute Gasteiger partial charge is 0.491 e. The van der Waals surface area contributed by atoms with E-state index in [-0.39, 0.29) is 17.9 Å². The van der Waals surface area contributed by atoms with Crippen molar-refractivity contribution in [2.45, 2.75) is 44.2 Å². The van der Waals surface area contributed by atoms with Crippen LogP contribution < -0.4 is 10.1 Å². The summed E-state index contributed by atoms with van der Waals surface area (Å²) in [6.07, 6.45) is 4.44. The first-order valence-corrected chi connectivity index (χ1v) is 10.5. The van der Waals surface area contributed by atoms with Crippen LogP contribution >= 0.6 is 11.6 Å². The molecule has 1 saturated heterocycles. The summed E-state index contributed by atoms with van der Waals surface area (Å²) in [4.78, 5) is 26.7. The zero-order chi connectivity index (χ0) is 20.2. The van der Waals surface area contributed by atoms with Crippen molar-refractivity contribution in [3.63, 3.8) is 0 Å². The molecular weight excluding hydrogens is 388 g/mol. The van der Waals surface area contributed by atoms with Gasteiger partial charge in [-0.3, -0.25) is 9.59 Å². The minimum absolute atomic E-state index is 0.0335. The normalized spacial score (nSPS) is 18.5. The summed E-state index contributed by atoms with van der Waals surface area (Å²) in [7, 11) is 0. The third-order valence-electron chi connectivity index (χ3n) is 5.44. The first kappa shape index (κ1) is 19.8. The molecule has 1 N–H and O–H groups in total. The van der Waals surface area contributed by atoms with Gasteiger partial charge in [0.25, 0.3) is 5.91 Å². The highest BCUT2D eigenvalue weighted by molar-refractivity contribution is 6.30. The van der Waals surface area contributed by atoms with E-state index in [1.807, 2.05) is 41.3 Å². The van der Waals surface area contributed by atoms with Gasteiger partial charge in [-0.25, -0.2) is 0 Å². The van der Waals surface area contributed by atoms with E-state index in [2.05, 4.69) is 5.32 Å². The van der Waals surface area contributed by atoms with Crippen LogP contribution in [0.3, 0.4) is 0 Å². The highest BCUT2D eigenvalue weighted by atomic mass is 35.5. The molecule has 1 saturated carbocycles. The number of rotatable bonds is 7. The number of likely N-dealkylation sites (tertiary alicyclic amines) is 1. The molecule has 2 amide bonds. The Hall–Kier alpha value is -2.53. The number of ether oxygens (including phenoxy) is 1. The Kier molecular flexibility index (Phi) is 6.05. The van der Waals surface area contributed by atoms with Crippen molar-refractivity contribution in [1.29, 1.82) is 0 Å². The average molecular weight is 413 g/mol. The molecule has 0 radical (unpaired) electrons. The summed E-state index contributed by atoms with van der Waals surface area (Å²) in [5.74, 6) is 0.796. The van der Waals surface area contributed by atoms with Crippen LogP contribution in [0.4, 0.5) is 0 Å². The van der Waals surface area contributed by atoms with E-state index >= 15 is 0 Å². The van der Waals surface area contributed by atoms with Gasteiger partial charge in [0.05, 0.1) is 12.5 Å². The molecule has 0 spiro atoms.